The van der Waals surface area contributed by atoms with E-state index in [1.54, 1.807) is 38.3 Å². The van der Waals surface area contributed by atoms with Crippen LogP contribution in [0.5, 0.6) is 11.5 Å². The van der Waals surface area contributed by atoms with E-state index in [0.29, 0.717) is 32.9 Å². The SMILES string of the molecule is CCCOc1ccc(/C=C2\SC(=S)N(C(C(=O)OCC)c3ccccc3)C2=O)cc1OC. The highest BCUT2D eigenvalue weighted by atomic mass is 32.2. The molecule has 1 heterocycles. The lowest BCUT2D eigenvalue weighted by molar-refractivity contribution is -0.151. The maximum Gasteiger partial charge on any atom is 0.333 e. The average molecular weight is 472 g/mol. The summed E-state index contributed by atoms with van der Waals surface area (Å²) < 4.78 is 16.7. The van der Waals surface area contributed by atoms with Gasteiger partial charge in [-0.1, -0.05) is 67.3 Å². The van der Waals surface area contributed by atoms with Gasteiger partial charge in [0.1, 0.15) is 4.32 Å². The first-order valence-electron chi connectivity index (χ1n) is 10.3. The Morgan fingerprint density at radius 1 is 1.16 bits per heavy atom. The fourth-order valence-corrected chi connectivity index (χ4v) is 4.52. The van der Waals surface area contributed by atoms with Crippen LogP contribution in [0.1, 0.15) is 37.4 Å². The Balaban J connectivity index is 1.92. The number of nitrogens with zero attached hydrogens (tertiary/aromatic N) is 1. The van der Waals surface area contributed by atoms with Gasteiger partial charge in [0.2, 0.25) is 0 Å². The van der Waals surface area contributed by atoms with E-state index < -0.39 is 12.0 Å². The number of rotatable bonds is 9. The number of methoxy groups -OCH3 is 1. The van der Waals surface area contributed by atoms with Gasteiger partial charge in [0.25, 0.3) is 5.91 Å². The summed E-state index contributed by atoms with van der Waals surface area (Å²) in [5, 5.41) is 0. The number of thiocarbonyl (C=S) groups is 1. The fraction of sp³-hybridized carbons (Fsp3) is 0.292. The Labute approximate surface area is 197 Å². The second kappa shape index (κ2) is 11.2. The van der Waals surface area contributed by atoms with E-state index in [1.165, 1.54) is 4.90 Å². The van der Waals surface area contributed by atoms with E-state index in [4.69, 9.17) is 26.4 Å². The van der Waals surface area contributed by atoms with Crippen molar-refractivity contribution in [3.05, 3.63) is 64.6 Å². The van der Waals surface area contributed by atoms with Crippen molar-refractivity contribution in [3.8, 4) is 11.5 Å². The summed E-state index contributed by atoms with van der Waals surface area (Å²) in [4.78, 5) is 27.8. The summed E-state index contributed by atoms with van der Waals surface area (Å²) >= 11 is 6.64. The largest absolute Gasteiger partial charge is 0.493 e. The number of hydrogen-bond acceptors (Lipinski definition) is 7. The Kier molecular flexibility index (Phi) is 8.30. The van der Waals surface area contributed by atoms with Gasteiger partial charge in [-0.3, -0.25) is 9.69 Å². The number of amides is 1. The van der Waals surface area contributed by atoms with Crippen molar-refractivity contribution in [2.24, 2.45) is 0 Å². The highest BCUT2D eigenvalue weighted by Gasteiger charge is 2.42. The Bertz CT molecular complexity index is 1020. The molecular formula is C24H25NO5S2. The van der Waals surface area contributed by atoms with Gasteiger partial charge in [-0.15, -0.1) is 0 Å². The standard InChI is InChI=1S/C24H25NO5S2/c1-4-13-30-18-12-11-16(14-19(18)28-3)15-20-22(26)25(24(31)32-20)21(23(27)29-5-2)17-9-7-6-8-10-17/h6-12,14-15,21H,4-5,13H2,1-3H3/b20-15-. The van der Waals surface area contributed by atoms with Crippen LogP contribution in [-0.4, -0.2) is 41.4 Å². The van der Waals surface area contributed by atoms with Gasteiger partial charge < -0.3 is 14.2 Å². The van der Waals surface area contributed by atoms with Gasteiger partial charge in [0.05, 0.1) is 25.2 Å². The minimum atomic E-state index is -0.936. The molecule has 1 aliphatic rings. The predicted octanol–water partition coefficient (Wildman–Crippen LogP) is 4.99. The molecule has 0 aromatic heterocycles. The summed E-state index contributed by atoms with van der Waals surface area (Å²) in [7, 11) is 1.57. The zero-order valence-electron chi connectivity index (χ0n) is 18.2. The molecule has 8 heteroatoms. The minimum Gasteiger partial charge on any atom is -0.493 e. The van der Waals surface area contributed by atoms with Crippen molar-refractivity contribution in [1.29, 1.82) is 0 Å². The lowest BCUT2D eigenvalue weighted by Crippen LogP contribution is -2.38. The molecule has 0 aliphatic carbocycles. The van der Waals surface area contributed by atoms with Gasteiger partial charge in [0, 0.05) is 0 Å². The van der Waals surface area contributed by atoms with Crippen LogP contribution in [0, 0.1) is 0 Å². The van der Waals surface area contributed by atoms with Gasteiger partial charge in [-0.25, -0.2) is 4.79 Å². The summed E-state index contributed by atoms with van der Waals surface area (Å²) in [6.45, 7) is 4.55. The highest BCUT2D eigenvalue weighted by Crippen LogP contribution is 2.39. The summed E-state index contributed by atoms with van der Waals surface area (Å²) in [6, 6.07) is 13.6. The Hall–Kier alpha value is -2.84. The van der Waals surface area contributed by atoms with Crippen LogP contribution in [0.2, 0.25) is 0 Å². The molecule has 0 radical (unpaired) electrons. The first-order valence-corrected chi connectivity index (χ1v) is 11.5. The molecule has 1 fully saturated rings. The maximum atomic E-state index is 13.3. The number of thioether (sulfide) groups is 1. The van der Waals surface area contributed by atoms with Crippen molar-refractivity contribution in [1.82, 2.24) is 4.90 Å². The molecule has 32 heavy (non-hydrogen) atoms. The van der Waals surface area contributed by atoms with Crippen molar-refractivity contribution >= 4 is 46.3 Å². The number of hydrogen-bond donors (Lipinski definition) is 0. The second-order valence-electron chi connectivity index (χ2n) is 6.88. The molecule has 0 bridgehead atoms. The molecule has 168 valence electrons. The average Bonchev–Trinajstić information content (AvgIpc) is 3.07. The van der Waals surface area contributed by atoms with Gasteiger partial charge in [-0.05, 0) is 42.7 Å². The minimum absolute atomic E-state index is 0.207. The molecule has 0 spiro atoms. The van der Waals surface area contributed by atoms with Crippen LogP contribution >= 0.6 is 24.0 Å². The predicted molar refractivity (Wildman–Crippen MR) is 130 cm³/mol. The van der Waals surface area contributed by atoms with E-state index in [9.17, 15) is 9.59 Å². The third-order valence-corrected chi connectivity index (χ3v) is 5.98. The number of benzene rings is 2. The molecule has 1 saturated heterocycles. The van der Waals surface area contributed by atoms with Gasteiger partial charge >= 0.3 is 5.97 Å². The number of carbonyl (C=O) groups is 2. The zero-order valence-corrected chi connectivity index (χ0v) is 19.8. The zero-order chi connectivity index (χ0) is 23.1. The molecule has 2 aromatic carbocycles. The maximum absolute atomic E-state index is 13.3. The molecule has 1 amide bonds. The van der Waals surface area contributed by atoms with Crippen LogP contribution in [0.3, 0.4) is 0 Å². The Morgan fingerprint density at radius 2 is 1.91 bits per heavy atom. The van der Waals surface area contributed by atoms with E-state index in [0.717, 1.165) is 23.7 Å². The molecule has 0 N–H and O–H groups in total. The van der Waals surface area contributed by atoms with Crippen molar-refractivity contribution in [3.63, 3.8) is 0 Å². The first-order chi connectivity index (χ1) is 15.5. The van der Waals surface area contributed by atoms with Crippen LogP contribution in [0.15, 0.2) is 53.4 Å². The monoisotopic (exact) mass is 471 g/mol. The van der Waals surface area contributed by atoms with Crippen molar-refractivity contribution in [2.45, 2.75) is 26.3 Å². The smallest absolute Gasteiger partial charge is 0.333 e. The fourth-order valence-electron chi connectivity index (χ4n) is 3.21. The van der Waals surface area contributed by atoms with Crippen LogP contribution in [0.4, 0.5) is 0 Å². The quantitative estimate of drug-likeness (QED) is 0.290. The molecule has 1 unspecified atom stereocenters. The van der Waals surface area contributed by atoms with E-state index in [-0.39, 0.29) is 12.5 Å². The molecule has 3 rings (SSSR count). The topological polar surface area (TPSA) is 65.1 Å². The third kappa shape index (κ3) is 5.31. The Morgan fingerprint density at radius 3 is 2.56 bits per heavy atom. The molecule has 2 aromatic rings. The third-order valence-electron chi connectivity index (χ3n) is 4.65. The van der Waals surface area contributed by atoms with Gasteiger partial charge in [0.15, 0.2) is 17.5 Å². The van der Waals surface area contributed by atoms with Crippen LogP contribution < -0.4 is 9.47 Å². The molecule has 1 atom stereocenters. The van der Waals surface area contributed by atoms with E-state index in [1.807, 2.05) is 37.3 Å². The number of esters is 1. The second-order valence-corrected chi connectivity index (χ2v) is 8.55. The lowest BCUT2D eigenvalue weighted by Gasteiger charge is -2.25. The molecular weight excluding hydrogens is 446 g/mol. The molecule has 1 aliphatic heterocycles. The lowest BCUT2D eigenvalue weighted by atomic mass is 10.1. The van der Waals surface area contributed by atoms with Crippen LogP contribution in [0.25, 0.3) is 6.08 Å². The molecule has 6 nitrogen and oxygen atoms in total. The highest BCUT2D eigenvalue weighted by molar-refractivity contribution is 8.26. The van der Waals surface area contributed by atoms with Crippen molar-refractivity contribution < 1.29 is 23.8 Å². The van der Waals surface area contributed by atoms with Gasteiger partial charge in [-0.2, -0.15) is 0 Å². The normalized spacial score (nSPS) is 15.7. The number of carbonyl (C=O) groups excluding carboxylic acids is 2. The summed E-state index contributed by atoms with van der Waals surface area (Å²) in [5.74, 6) is 0.365. The first kappa shape index (κ1) is 23.8. The van der Waals surface area contributed by atoms with Crippen molar-refractivity contribution in [2.75, 3.05) is 20.3 Å². The molecule has 0 saturated carbocycles. The summed E-state index contributed by atoms with van der Waals surface area (Å²) in [5.41, 5.74) is 1.40. The van der Waals surface area contributed by atoms with Crippen LogP contribution in [-0.2, 0) is 14.3 Å². The van der Waals surface area contributed by atoms with E-state index in [2.05, 4.69) is 0 Å². The number of ether oxygens (including phenoxy) is 3. The van der Waals surface area contributed by atoms with E-state index >= 15 is 0 Å². The summed E-state index contributed by atoms with van der Waals surface area (Å²) in [6.07, 6.45) is 2.62.